The summed E-state index contributed by atoms with van der Waals surface area (Å²) in [7, 11) is 1.36. The standard InChI is InChI=1S/C23H19F3N2O5/c1-14(27-33-13-15-3-9-18(10-4-15)28(30)31)19-11-21(29)22(32-2)12-20(19)16-5-7-17(8-6-16)23(24,25)26/h3-12,29H,13H2,1-2H3/b27-14+. The fourth-order valence-corrected chi connectivity index (χ4v) is 3.08. The van der Waals surface area contributed by atoms with E-state index in [1.54, 1.807) is 6.92 Å². The van der Waals surface area contributed by atoms with Crippen LogP contribution in [-0.4, -0.2) is 22.9 Å². The second-order valence-corrected chi connectivity index (χ2v) is 7.02. The van der Waals surface area contributed by atoms with E-state index in [2.05, 4.69) is 5.16 Å². The van der Waals surface area contributed by atoms with Crippen molar-refractivity contribution in [1.82, 2.24) is 0 Å². The Morgan fingerprint density at radius 1 is 1.09 bits per heavy atom. The van der Waals surface area contributed by atoms with Gasteiger partial charge in [0.1, 0.15) is 6.61 Å². The second kappa shape index (κ2) is 9.60. The molecule has 0 aliphatic carbocycles. The molecule has 0 atom stereocenters. The first-order chi connectivity index (χ1) is 15.6. The van der Waals surface area contributed by atoms with Crippen molar-refractivity contribution in [1.29, 1.82) is 0 Å². The van der Waals surface area contributed by atoms with Gasteiger partial charge in [0, 0.05) is 17.7 Å². The highest BCUT2D eigenvalue weighted by Crippen LogP contribution is 2.37. The summed E-state index contributed by atoms with van der Waals surface area (Å²) in [6.07, 6.45) is -4.46. The minimum absolute atomic E-state index is 0.0348. The maximum absolute atomic E-state index is 12.9. The average molecular weight is 460 g/mol. The van der Waals surface area contributed by atoms with Gasteiger partial charge in [0.05, 0.1) is 23.3 Å². The monoisotopic (exact) mass is 460 g/mol. The SMILES string of the molecule is COc1cc(-c2ccc(C(F)(F)F)cc2)c(/C(C)=N/OCc2ccc([N+](=O)[O-])cc2)cc1O. The number of nitro benzene ring substituents is 1. The topological polar surface area (TPSA) is 94.2 Å². The van der Waals surface area contributed by atoms with Crippen molar-refractivity contribution in [3.8, 4) is 22.6 Å². The summed E-state index contributed by atoms with van der Waals surface area (Å²) < 4.78 is 43.9. The molecule has 0 saturated heterocycles. The van der Waals surface area contributed by atoms with Gasteiger partial charge < -0.3 is 14.7 Å². The van der Waals surface area contributed by atoms with E-state index < -0.39 is 16.7 Å². The van der Waals surface area contributed by atoms with Crippen LogP contribution in [0.5, 0.6) is 11.5 Å². The molecule has 0 aromatic heterocycles. The maximum atomic E-state index is 12.9. The Hall–Kier alpha value is -4.08. The number of phenolic OH excluding ortho intramolecular Hbond substituents is 1. The van der Waals surface area contributed by atoms with Crippen LogP contribution in [-0.2, 0) is 17.6 Å². The number of rotatable bonds is 7. The molecule has 1 N–H and O–H groups in total. The van der Waals surface area contributed by atoms with Gasteiger partial charge in [-0.2, -0.15) is 13.2 Å². The molecule has 0 unspecified atom stereocenters. The molecular formula is C23H19F3N2O5. The average Bonchev–Trinajstić information content (AvgIpc) is 2.78. The lowest BCUT2D eigenvalue weighted by atomic mass is 9.95. The number of benzene rings is 3. The van der Waals surface area contributed by atoms with Crippen LogP contribution in [0.2, 0.25) is 0 Å². The highest BCUT2D eigenvalue weighted by atomic mass is 19.4. The van der Waals surface area contributed by atoms with Crippen molar-refractivity contribution in [3.63, 3.8) is 0 Å². The van der Waals surface area contributed by atoms with Crippen molar-refractivity contribution in [3.05, 3.63) is 87.5 Å². The van der Waals surface area contributed by atoms with Crippen molar-refractivity contribution >= 4 is 11.4 Å². The number of hydrogen-bond acceptors (Lipinski definition) is 6. The Morgan fingerprint density at radius 3 is 2.27 bits per heavy atom. The normalized spacial score (nSPS) is 11.8. The van der Waals surface area contributed by atoms with Gasteiger partial charge in [0.15, 0.2) is 11.5 Å². The Labute approximate surface area is 186 Å². The summed E-state index contributed by atoms with van der Waals surface area (Å²) in [5.74, 6) is -0.0265. The predicted molar refractivity (Wildman–Crippen MR) is 115 cm³/mol. The molecule has 3 aromatic rings. The van der Waals surface area contributed by atoms with Gasteiger partial charge >= 0.3 is 6.18 Å². The van der Waals surface area contributed by atoms with E-state index >= 15 is 0 Å². The molecule has 7 nitrogen and oxygen atoms in total. The summed E-state index contributed by atoms with van der Waals surface area (Å²) in [6.45, 7) is 1.65. The van der Waals surface area contributed by atoms with Gasteiger partial charge in [-0.1, -0.05) is 17.3 Å². The molecule has 0 heterocycles. The van der Waals surface area contributed by atoms with Gasteiger partial charge in [0.25, 0.3) is 5.69 Å². The molecule has 0 aliphatic heterocycles. The molecule has 0 saturated carbocycles. The molecule has 0 spiro atoms. The summed E-state index contributed by atoms with van der Waals surface area (Å²) >= 11 is 0. The molecule has 0 fully saturated rings. The third-order valence-electron chi connectivity index (χ3n) is 4.81. The van der Waals surface area contributed by atoms with Crippen LogP contribution in [0.1, 0.15) is 23.6 Å². The van der Waals surface area contributed by atoms with Crippen LogP contribution >= 0.6 is 0 Å². The van der Waals surface area contributed by atoms with E-state index in [9.17, 15) is 28.4 Å². The zero-order valence-corrected chi connectivity index (χ0v) is 17.6. The number of aromatic hydroxyl groups is 1. The van der Waals surface area contributed by atoms with E-state index in [0.29, 0.717) is 28.0 Å². The number of hydrogen-bond donors (Lipinski definition) is 1. The number of methoxy groups -OCH3 is 1. The smallest absolute Gasteiger partial charge is 0.416 e. The number of phenols is 1. The zero-order chi connectivity index (χ0) is 24.2. The fraction of sp³-hybridized carbons (Fsp3) is 0.174. The fourth-order valence-electron chi connectivity index (χ4n) is 3.08. The molecule has 3 aromatic carbocycles. The van der Waals surface area contributed by atoms with Gasteiger partial charge in [-0.3, -0.25) is 10.1 Å². The van der Waals surface area contributed by atoms with Crippen LogP contribution in [0.25, 0.3) is 11.1 Å². The van der Waals surface area contributed by atoms with Crippen LogP contribution in [0.4, 0.5) is 18.9 Å². The lowest BCUT2D eigenvalue weighted by Gasteiger charge is -2.14. The lowest BCUT2D eigenvalue weighted by molar-refractivity contribution is -0.384. The van der Waals surface area contributed by atoms with Crippen LogP contribution < -0.4 is 4.74 Å². The van der Waals surface area contributed by atoms with Gasteiger partial charge in [-0.25, -0.2) is 0 Å². The highest BCUT2D eigenvalue weighted by Gasteiger charge is 2.30. The number of nitro groups is 1. The van der Waals surface area contributed by atoms with E-state index in [4.69, 9.17) is 9.57 Å². The largest absolute Gasteiger partial charge is 0.504 e. The molecule has 10 heteroatoms. The van der Waals surface area contributed by atoms with E-state index in [0.717, 1.165) is 12.1 Å². The van der Waals surface area contributed by atoms with Gasteiger partial charge in [-0.15, -0.1) is 0 Å². The molecule has 0 aliphatic rings. The molecule has 3 rings (SSSR count). The Morgan fingerprint density at radius 2 is 1.73 bits per heavy atom. The predicted octanol–water partition coefficient (Wildman–Crippen LogP) is 5.94. The summed E-state index contributed by atoms with van der Waals surface area (Å²) in [6, 6.07) is 13.2. The van der Waals surface area contributed by atoms with E-state index in [-0.39, 0.29) is 23.8 Å². The number of nitrogens with zero attached hydrogens (tertiary/aromatic N) is 2. The number of ether oxygens (including phenoxy) is 1. The van der Waals surface area contributed by atoms with Crippen molar-refractivity contribution in [2.75, 3.05) is 7.11 Å². The van der Waals surface area contributed by atoms with E-state index in [1.807, 2.05) is 0 Å². The second-order valence-electron chi connectivity index (χ2n) is 7.02. The quantitative estimate of drug-likeness (QED) is 0.268. The summed E-state index contributed by atoms with van der Waals surface area (Å²) in [5, 5.41) is 25.0. The number of non-ortho nitro benzene ring substituents is 1. The number of halogens is 3. The van der Waals surface area contributed by atoms with Crippen LogP contribution in [0.15, 0.2) is 65.8 Å². The summed E-state index contributed by atoms with van der Waals surface area (Å²) in [5.41, 5.74) is 1.54. The molecule has 0 radical (unpaired) electrons. The molecule has 33 heavy (non-hydrogen) atoms. The molecule has 172 valence electrons. The Bertz CT molecular complexity index is 1170. The Kier molecular flexibility index (Phi) is 6.86. The Balaban J connectivity index is 1.89. The molecular weight excluding hydrogens is 441 g/mol. The maximum Gasteiger partial charge on any atom is 0.416 e. The minimum atomic E-state index is -4.46. The third-order valence-corrected chi connectivity index (χ3v) is 4.81. The number of alkyl halides is 3. The lowest BCUT2D eigenvalue weighted by Crippen LogP contribution is -2.05. The van der Waals surface area contributed by atoms with Gasteiger partial charge in [-0.05, 0) is 60.0 Å². The van der Waals surface area contributed by atoms with Crippen molar-refractivity contribution in [2.24, 2.45) is 5.16 Å². The first-order valence-corrected chi connectivity index (χ1v) is 9.59. The summed E-state index contributed by atoms with van der Waals surface area (Å²) in [4.78, 5) is 15.6. The van der Waals surface area contributed by atoms with E-state index in [1.165, 1.54) is 55.6 Å². The minimum Gasteiger partial charge on any atom is -0.504 e. The first-order valence-electron chi connectivity index (χ1n) is 9.59. The molecule has 0 bridgehead atoms. The zero-order valence-electron chi connectivity index (χ0n) is 17.6. The van der Waals surface area contributed by atoms with Crippen molar-refractivity contribution in [2.45, 2.75) is 19.7 Å². The van der Waals surface area contributed by atoms with Gasteiger partial charge in [0.2, 0.25) is 0 Å². The molecule has 0 amide bonds. The van der Waals surface area contributed by atoms with Crippen LogP contribution in [0.3, 0.4) is 0 Å². The van der Waals surface area contributed by atoms with Crippen molar-refractivity contribution < 1.29 is 32.8 Å². The third kappa shape index (κ3) is 5.59. The highest BCUT2D eigenvalue weighted by molar-refractivity contribution is 6.05. The first kappa shape index (κ1) is 23.6. The van der Waals surface area contributed by atoms with Crippen LogP contribution in [0, 0.1) is 10.1 Å². The number of oxime groups is 1.